The number of benzene rings is 2. The lowest BCUT2D eigenvalue weighted by molar-refractivity contribution is 0.156. The first-order chi connectivity index (χ1) is 10.3. The van der Waals surface area contributed by atoms with Gasteiger partial charge in [0.15, 0.2) is 11.5 Å². The Morgan fingerprint density at radius 3 is 3.05 bits per heavy atom. The van der Waals surface area contributed by atoms with E-state index < -0.39 is 6.10 Å². The molecule has 0 fully saturated rings. The first kappa shape index (κ1) is 11.6. The Bertz CT molecular complexity index is 756. The predicted octanol–water partition coefficient (Wildman–Crippen LogP) is 2.32. The van der Waals surface area contributed by atoms with Crippen molar-refractivity contribution in [2.75, 3.05) is 13.3 Å². The molecule has 0 aromatic heterocycles. The molecule has 21 heavy (non-hydrogen) atoms. The van der Waals surface area contributed by atoms with E-state index in [1.165, 1.54) is 16.7 Å². The molecule has 5 rings (SSSR count). The summed E-state index contributed by atoms with van der Waals surface area (Å²) in [5.41, 5.74) is 5.76. The van der Waals surface area contributed by atoms with E-state index in [0.29, 0.717) is 6.54 Å². The van der Waals surface area contributed by atoms with Crippen molar-refractivity contribution in [3.05, 3.63) is 47.0 Å². The lowest BCUT2D eigenvalue weighted by atomic mass is 9.77. The maximum atomic E-state index is 10.3. The lowest BCUT2D eigenvalue weighted by Crippen LogP contribution is -2.36. The van der Waals surface area contributed by atoms with Crippen LogP contribution in [0.15, 0.2) is 30.3 Å². The molecule has 2 unspecified atom stereocenters. The van der Waals surface area contributed by atoms with E-state index in [2.05, 4.69) is 23.5 Å². The number of aliphatic hydroxyl groups excluding tert-OH is 1. The fourth-order valence-electron chi connectivity index (χ4n) is 3.80. The SMILES string of the molecule is OC1CNC2Cc3ccccc3-c3c4c(cc1c32)OCO4. The van der Waals surface area contributed by atoms with Crippen molar-refractivity contribution in [1.29, 1.82) is 0 Å². The van der Waals surface area contributed by atoms with E-state index in [0.717, 1.165) is 29.0 Å². The molecule has 0 spiro atoms. The number of aliphatic hydroxyl groups is 1. The Balaban J connectivity index is 1.90. The minimum Gasteiger partial charge on any atom is -0.454 e. The van der Waals surface area contributed by atoms with Gasteiger partial charge in [0.25, 0.3) is 0 Å². The number of hydrogen-bond acceptors (Lipinski definition) is 4. The highest BCUT2D eigenvalue weighted by Crippen LogP contribution is 2.53. The van der Waals surface area contributed by atoms with Gasteiger partial charge in [-0.3, -0.25) is 0 Å². The molecule has 0 amide bonds. The topological polar surface area (TPSA) is 50.7 Å². The summed E-state index contributed by atoms with van der Waals surface area (Å²) in [7, 11) is 0. The Hall–Kier alpha value is -2.04. The summed E-state index contributed by atoms with van der Waals surface area (Å²) in [4.78, 5) is 0. The quantitative estimate of drug-likeness (QED) is 0.778. The van der Waals surface area contributed by atoms with Crippen LogP contribution in [0.1, 0.15) is 28.8 Å². The fraction of sp³-hybridized carbons (Fsp3) is 0.294. The second kappa shape index (κ2) is 4.00. The molecule has 2 aromatic rings. The predicted molar refractivity (Wildman–Crippen MR) is 77.4 cm³/mol. The first-order valence-corrected chi connectivity index (χ1v) is 7.29. The van der Waals surface area contributed by atoms with Crippen molar-refractivity contribution in [2.45, 2.75) is 18.6 Å². The summed E-state index contributed by atoms with van der Waals surface area (Å²) in [6.07, 6.45) is 0.456. The van der Waals surface area contributed by atoms with E-state index >= 15 is 0 Å². The highest BCUT2D eigenvalue weighted by Gasteiger charge is 2.37. The highest BCUT2D eigenvalue weighted by atomic mass is 16.7. The number of nitrogens with one attached hydrogen (secondary N) is 1. The van der Waals surface area contributed by atoms with Crippen LogP contribution in [0.3, 0.4) is 0 Å². The average molecular weight is 281 g/mol. The molecule has 2 aliphatic heterocycles. The monoisotopic (exact) mass is 281 g/mol. The number of hydrogen-bond donors (Lipinski definition) is 2. The van der Waals surface area contributed by atoms with Gasteiger partial charge in [-0.05, 0) is 34.7 Å². The number of fused-ring (bicyclic) bond motifs is 4. The van der Waals surface area contributed by atoms with Gasteiger partial charge < -0.3 is 19.9 Å². The average Bonchev–Trinajstić information content (AvgIpc) is 2.98. The molecule has 2 atom stereocenters. The molecule has 106 valence electrons. The van der Waals surface area contributed by atoms with E-state index in [1.807, 2.05) is 12.1 Å². The van der Waals surface area contributed by atoms with Gasteiger partial charge in [0, 0.05) is 18.2 Å². The van der Waals surface area contributed by atoms with E-state index in [-0.39, 0.29) is 12.8 Å². The Morgan fingerprint density at radius 1 is 1.19 bits per heavy atom. The summed E-state index contributed by atoms with van der Waals surface area (Å²) in [5, 5.41) is 13.8. The maximum absolute atomic E-state index is 10.3. The number of ether oxygens (including phenoxy) is 2. The standard InChI is InChI=1S/C17H15NO3/c19-13-7-18-12-5-9-3-1-2-4-10(9)16-15(12)11(13)6-14-17(16)21-8-20-14/h1-4,6,12-13,18-19H,5,7-8H2. The van der Waals surface area contributed by atoms with E-state index in [1.54, 1.807) is 0 Å². The van der Waals surface area contributed by atoms with Crippen LogP contribution in [-0.4, -0.2) is 18.4 Å². The van der Waals surface area contributed by atoms with Crippen molar-refractivity contribution >= 4 is 0 Å². The van der Waals surface area contributed by atoms with Crippen LogP contribution < -0.4 is 14.8 Å². The maximum Gasteiger partial charge on any atom is 0.231 e. The van der Waals surface area contributed by atoms with Gasteiger partial charge in [-0.15, -0.1) is 0 Å². The van der Waals surface area contributed by atoms with Gasteiger partial charge in [0.1, 0.15) is 0 Å². The molecular weight excluding hydrogens is 266 g/mol. The first-order valence-electron chi connectivity index (χ1n) is 7.29. The molecule has 4 nitrogen and oxygen atoms in total. The molecular formula is C17H15NO3. The molecule has 1 aliphatic carbocycles. The van der Waals surface area contributed by atoms with Gasteiger partial charge in [-0.25, -0.2) is 0 Å². The zero-order valence-corrected chi connectivity index (χ0v) is 11.4. The molecule has 0 bridgehead atoms. The Morgan fingerprint density at radius 2 is 2.10 bits per heavy atom. The van der Waals surface area contributed by atoms with Gasteiger partial charge in [0.2, 0.25) is 6.79 Å². The summed E-state index contributed by atoms with van der Waals surface area (Å²) < 4.78 is 11.3. The molecule has 0 saturated heterocycles. The van der Waals surface area contributed by atoms with Crippen LogP contribution >= 0.6 is 0 Å². The third-order valence-electron chi connectivity index (χ3n) is 4.71. The number of rotatable bonds is 0. The number of β-amino-alcohol motifs (C(OH)–C–C–N with tert-alkyl or cyclic N) is 1. The van der Waals surface area contributed by atoms with Crippen molar-refractivity contribution in [3.63, 3.8) is 0 Å². The summed E-state index contributed by atoms with van der Waals surface area (Å²) in [6.45, 7) is 0.834. The van der Waals surface area contributed by atoms with Gasteiger partial charge in [-0.1, -0.05) is 24.3 Å². The normalized spacial score (nSPS) is 24.4. The second-order valence-corrected chi connectivity index (χ2v) is 5.83. The van der Waals surface area contributed by atoms with Crippen molar-refractivity contribution in [2.24, 2.45) is 0 Å². The van der Waals surface area contributed by atoms with Crippen molar-refractivity contribution in [1.82, 2.24) is 5.32 Å². The van der Waals surface area contributed by atoms with E-state index in [9.17, 15) is 5.11 Å². The van der Waals surface area contributed by atoms with Crippen LogP contribution in [0.5, 0.6) is 11.5 Å². The smallest absolute Gasteiger partial charge is 0.231 e. The zero-order valence-electron chi connectivity index (χ0n) is 11.4. The Labute approximate surface area is 122 Å². The van der Waals surface area contributed by atoms with Gasteiger partial charge in [0.05, 0.1) is 6.10 Å². The summed E-state index contributed by atoms with van der Waals surface area (Å²) >= 11 is 0. The minimum atomic E-state index is -0.491. The van der Waals surface area contributed by atoms with Crippen LogP contribution in [0.25, 0.3) is 11.1 Å². The largest absolute Gasteiger partial charge is 0.454 e. The van der Waals surface area contributed by atoms with Crippen LogP contribution in [0, 0.1) is 0 Å². The van der Waals surface area contributed by atoms with Gasteiger partial charge >= 0.3 is 0 Å². The molecule has 2 heterocycles. The molecule has 2 N–H and O–H groups in total. The molecule has 3 aliphatic rings. The van der Waals surface area contributed by atoms with Crippen LogP contribution in [0.2, 0.25) is 0 Å². The van der Waals surface area contributed by atoms with Crippen LogP contribution in [-0.2, 0) is 6.42 Å². The van der Waals surface area contributed by atoms with Crippen LogP contribution in [0.4, 0.5) is 0 Å². The second-order valence-electron chi connectivity index (χ2n) is 5.83. The highest BCUT2D eigenvalue weighted by molar-refractivity contribution is 5.84. The van der Waals surface area contributed by atoms with Gasteiger partial charge in [-0.2, -0.15) is 0 Å². The molecule has 2 aromatic carbocycles. The molecule has 0 radical (unpaired) electrons. The van der Waals surface area contributed by atoms with Crippen molar-refractivity contribution in [3.8, 4) is 22.6 Å². The minimum absolute atomic E-state index is 0.239. The summed E-state index contributed by atoms with van der Waals surface area (Å²) in [5.74, 6) is 1.57. The molecule has 4 heteroatoms. The Kier molecular flexibility index (Phi) is 2.21. The third-order valence-corrected chi connectivity index (χ3v) is 4.71. The summed E-state index contributed by atoms with van der Waals surface area (Å²) in [6, 6.07) is 10.6. The zero-order chi connectivity index (χ0) is 14.0. The van der Waals surface area contributed by atoms with Crippen molar-refractivity contribution < 1.29 is 14.6 Å². The lowest BCUT2D eigenvalue weighted by Gasteiger charge is -2.36. The molecule has 0 saturated carbocycles. The van der Waals surface area contributed by atoms with E-state index in [4.69, 9.17) is 9.47 Å². The fourth-order valence-corrected chi connectivity index (χ4v) is 3.80. The third kappa shape index (κ3) is 1.46.